The molecule has 1 amide bonds. The first-order valence-corrected chi connectivity index (χ1v) is 6.15. The number of aromatic amines is 1. The Kier molecular flexibility index (Phi) is 3.15. The average molecular weight is 284 g/mol. The summed E-state index contributed by atoms with van der Waals surface area (Å²) in [7, 11) is 1.59. The molecule has 0 radical (unpaired) electrons. The van der Waals surface area contributed by atoms with E-state index in [4.69, 9.17) is 9.84 Å². The number of rotatable bonds is 3. The Labute approximate surface area is 119 Å². The van der Waals surface area contributed by atoms with Gasteiger partial charge in [0.1, 0.15) is 11.6 Å². The maximum Gasteiger partial charge on any atom is 0.410 e. The maximum absolute atomic E-state index is 10.6. The van der Waals surface area contributed by atoms with Crippen molar-refractivity contribution in [2.75, 3.05) is 12.4 Å². The van der Waals surface area contributed by atoms with Crippen LogP contribution in [0, 0.1) is 0 Å². The van der Waals surface area contributed by atoms with Gasteiger partial charge in [0.25, 0.3) is 0 Å². The first kappa shape index (κ1) is 12.9. The molecule has 0 unspecified atom stereocenters. The largest absolute Gasteiger partial charge is 0.496 e. The molecule has 0 aliphatic carbocycles. The number of nitrogens with one attached hydrogen (secondary N) is 2. The fourth-order valence-electron chi connectivity index (χ4n) is 2.10. The molecule has 0 bridgehead atoms. The normalized spacial score (nSPS) is 10.5. The number of ether oxygens (including phenoxy) is 1. The van der Waals surface area contributed by atoms with Crippen molar-refractivity contribution in [1.82, 2.24) is 15.2 Å². The zero-order valence-corrected chi connectivity index (χ0v) is 11.1. The summed E-state index contributed by atoms with van der Waals surface area (Å²) in [6.45, 7) is 0. The summed E-state index contributed by atoms with van der Waals surface area (Å²) >= 11 is 0. The van der Waals surface area contributed by atoms with Gasteiger partial charge in [-0.05, 0) is 18.2 Å². The van der Waals surface area contributed by atoms with Crippen molar-refractivity contribution in [1.29, 1.82) is 0 Å². The van der Waals surface area contributed by atoms with Gasteiger partial charge in [-0.3, -0.25) is 10.4 Å². The Hall–Kier alpha value is -3.09. The van der Waals surface area contributed by atoms with Gasteiger partial charge < -0.3 is 9.84 Å². The van der Waals surface area contributed by atoms with Crippen molar-refractivity contribution in [3.05, 3.63) is 36.7 Å². The van der Waals surface area contributed by atoms with Crippen molar-refractivity contribution in [2.24, 2.45) is 0 Å². The molecule has 0 fully saturated rings. The van der Waals surface area contributed by atoms with Crippen LogP contribution < -0.4 is 10.1 Å². The molecule has 0 saturated heterocycles. The van der Waals surface area contributed by atoms with E-state index in [9.17, 15) is 4.79 Å². The minimum absolute atomic E-state index is 0.273. The highest BCUT2D eigenvalue weighted by Crippen LogP contribution is 2.33. The lowest BCUT2D eigenvalue weighted by atomic mass is 10.0. The minimum atomic E-state index is -1.15. The predicted octanol–water partition coefficient (Wildman–Crippen LogP) is 2.72. The number of methoxy groups -OCH3 is 1. The quantitative estimate of drug-likeness (QED) is 0.686. The van der Waals surface area contributed by atoms with Crippen molar-refractivity contribution < 1.29 is 14.6 Å². The lowest BCUT2D eigenvalue weighted by Gasteiger charge is -2.09. The molecule has 0 spiro atoms. The number of benzene rings is 1. The molecule has 1 aromatic carbocycles. The van der Waals surface area contributed by atoms with E-state index in [0.29, 0.717) is 5.75 Å². The molecule has 3 N–H and O–H groups in total. The van der Waals surface area contributed by atoms with Crippen molar-refractivity contribution >= 4 is 22.8 Å². The van der Waals surface area contributed by atoms with Crippen molar-refractivity contribution in [3.63, 3.8) is 0 Å². The Morgan fingerprint density at radius 2 is 2.19 bits per heavy atom. The number of aromatic nitrogens is 3. The monoisotopic (exact) mass is 284 g/mol. The highest BCUT2D eigenvalue weighted by atomic mass is 16.5. The van der Waals surface area contributed by atoms with Gasteiger partial charge in [0.15, 0.2) is 0 Å². The second-order valence-electron chi connectivity index (χ2n) is 4.37. The molecule has 21 heavy (non-hydrogen) atoms. The highest BCUT2D eigenvalue weighted by Gasteiger charge is 2.10. The van der Waals surface area contributed by atoms with E-state index in [1.54, 1.807) is 31.6 Å². The topological polar surface area (TPSA) is 100 Å². The van der Waals surface area contributed by atoms with Gasteiger partial charge in [-0.25, -0.2) is 9.78 Å². The summed E-state index contributed by atoms with van der Waals surface area (Å²) in [6.07, 6.45) is 2.17. The summed E-state index contributed by atoms with van der Waals surface area (Å²) in [5.74, 6) is 0.960. The van der Waals surface area contributed by atoms with Gasteiger partial charge in [0.05, 0.1) is 18.8 Å². The molecule has 3 rings (SSSR count). The number of pyridine rings is 1. The lowest BCUT2D eigenvalue weighted by Crippen LogP contribution is -2.08. The van der Waals surface area contributed by atoms with Crippen LogP contribution in [0.25, 0.3) is 22.0 Å². The molecule has 2 heterocycles. The van der Waals surface area contributed by atoms with E-state index in [1.807, 2.05) is 12.1 Å². The fourth-order valence-corrected chi connectivity index (χ4v) is 2.10. The molecule has 7 heteroatoms. The molecular formula is C14H12N4O3. The van der Waals surface area contributed by atoms with Crippen LogP contribution in [0.2, 0.25) is 0 Å². The number of hydrogen-bond donors (Lipinski definition) is 3. The molecule has 0 atom stereocenters. The van der Waals surface area contributed by atoms with Gasteiger partial charge in [0, 0.05) is 28.8 Å². The van der Waals surface area contributed by atoms with Gasteiger partial charge >= 0.3 is 6.09 Å². The van der Waals surface area contributed by atoms with E-state index < -0.39 is 6.09 Å². The Morgan fingerprint density at radius 1 is 1.33 bits per heavy atom. The predicted molar refractivity (Wildman–Crippen MR) is 77.5 cm³/mol. The number of H-pyrrole nitrogens is 1. The van der Waals surface area contributed by atoms with Crippen LogP contribution in [-0.2, 0) is 0 Å². The molecule has 0 aliphatic rings. The summed E-state index contributed by atoms with van der Waals surface area (Å²) in [4.78, 5) is 14.6. The smallest absolute Gasteiger partial charge is 0.410 e. The summed E-state index contributed by atoms with van der Waals surface area (Å²) < 4.78 is 5.39. The zero-order valence-electron chi connectivity index (χ0n) is 11.1. The van der Waals surface area contributed by atoms with Gasteiger partial charge in [-0.2, -0.15) is 5.10 Å². The molecule has 7 nitrogen and oxygen atoms in total. The molecular weight excluding hydrogens is 272 g/mol. The number of hydrogen-bond acceptors (Lipinski definition) is 4. The molecule has 0 aliphatic heterocycles. The molecule has 3 aromatic rings. The third kappa shape index (κ3) is 2.48. The Morgan fingerprint density at radius 3 is 2.86 bits per heavy atom. The Balaban J connectivity index is 2.04. The molecule has 0 saturated carbocycles. The van der Waals surface area contributed by atoms with Crippen LogP contribution in [0.1, 0.15) is 0 Å². The van der Waals surface area contributed by atoms with Crippen LogP contribution in [0.5, 0.6) is 5.75 Å². The Bertz CT molecular complexity index is 796. The van der Waals surface area contributed by atoms with E-state index in [-0.39, 0.29) is 5.82 Å². The highest BCUT2D eigenvalue weighted by molar-refractivity contribution is 5.88. The average Bonchev–Trinajstić information content (AvgIpc) is 2.93. The fraction of sp³-hybridized carbons (Fsp3) is 0.0714. The lowest BCUT2D eigenvalue weighted by molar-refractivity contribution is 0.209. The number of amides is 1. The van der Waals surface area contributed by atoms with Crippen LogP contribution in [0.4, 0.5) is 10.6 Å². The van der Waals surface area contributed by atoms with Crippen LogP contribution in [0.3, 0.4) is 0 Å². The second-order valence-corrected chi connectivity index (χ2v) is 4.37. The first-order valence-electron chi connectivity index (χ1n) is 6.15. The van der Waals surface area contributed by atoms with Crippen molar-refractivity contribution in [2.45, 2.75) is 0 Å². The van der Waals surface area contributed by atoms with Crippen LogP contribution in [-0.4, -0.2) is 33.5 Å². The molecule has 2 aromatic heterocycles. The summed E-state index contributed by atoms with van der Waals surface area (Å²) in [5.41, 5.74) is 2.57. The summed E-state index contributed by atoms with van der Waals surface area (Å²) in [5, 5.41) is 18.7. The van der Waals surface area contributed by atoms with E-state index >= 15 is 0 Å². The third-order valence-corrected chi connectivity index (χ3v) is 3.07. The number of carboxylic acid groups (broad SMARTS) is 1. The van der Waals surface area contributed by atoms with Crippen LogP contribution in [0.15, 0.2) is 36.7 Å². The SMILES string of the molecule is COc1cc2[nH]ncc2cc1-c1ccc(NC(=O)O)nc1. The minimum Gasteiger partial charge on any atom is -0.496 e. The van der Waals surface area contributed by atoms with Gasteiger partial charge in [-0.15, -0.1) is 0 Å². The summed E-state index contributed by atoms with van der Waals surface area (Å²) in [6, 6.07) is 7.19. The number of carbonyl (C=O) groups is 1. The van der Waals surface area contributed by atoms with Gasteiger partial charge in [-0.1, -0.05) is 0 Å². The van der Waals surface area contributed by atoms with Gasteiger partial charge in [0.2, 0.25) is 0 Å². The standard InChI is InChI=1S/C14H12N4O3/c1-21-12-5-11-9(7-16-18-11)4-10(12)8-2-3-13(15-6-8)17-14(19)20/h2-7H,1H3,(H,15,17)(H,16,18)(H,19,20). The van der Waals surface area contributed by atoms with E-state index in [0.717, 1.165) is 22.0 Å². The number of anilines is 1. The van der Waals surface area contributed by atoms with E-state index in [1.165, 1.54) is 0 Å². The third-order valence-electron chi connectivity index (χ3n) is 3.07. The van der Waals surface area contributed by atoms with E-state index in [2.05, 4.69) is 20.5 Å². The number of fused-ring (bicyclic) bond motifs is 1. The number of nitrogens with zero attached hydrogens (tertiary/aromatic N) is 2. The van der Waals surface area contributed by atoms with Crippen molar-refractivity contribution in [3.8, 4) is 16.9 Å². The first-order chi connectivity index (χ1) is 10.2. The van der Waals surface area contributed by atoms with Crippen LogP contribution >= 0.6 is 0 Å². The zero-order chi connectivity index (χ0) is 14.8. The second kappa shape index (κ2) is 5.12. The maximum atomic E-state index is 10.6. The molecule has 106 valence electrons.